The molecule has 2 amide bonds. The third kappa shape index (κ3) is 4.64. The van der Waals surface area contributed by atoms with E-state index in [2.05, 4.69) is 17.2 Å². The number of rotatable bonds is 6. The third-order valence-corrected chi connectivity index (χ3v) is 2.01. The average Bonchev–Trinajstić information content (AvgIpc) is 2.95. The molecule has 0 aromatic carbocycles. The lowest BCUT2D eigenvalue weighted by Crippen LogP contribution is -2.27. The monoisotopic (exact) mass is 196 g/mol. The van der Waals surface area contributed by atoms with E-state index in [1.165, 1.54) is 6.08 Å². The van der Waals surface area contributed by atoms with Gasteiger partial charge in [0, 0.05) is 19.0 Å². The summed E-state index contributed by atoms with van der Waals surface area (Å²) in [7, 11) is 0. The smallest absolute Gasteiger partial charge is 0.243 e. The van der Waals surface area contributed by atoms with Gasteiger partial charge >= 0.3 is 0 Å². The van der Waals surface area contributed by atoms with Gasteiger partial charge in [-0.2, -0.15) is 0 Å². The Morgan fingerprint density at radius 3 is 2.71 bits per heavy atom. The molecule has 1 rings (SSSR count). The topological polar surface area (TPSA) is 58.2 Å². The SMILES string of the molecule is C=CC(=O)NCCCC(=O)NC1CC1. The highest BCUT2D eigenvalue weighted by Crippen LogP contribution is 2.18. The molecule has 2 N–H and O–H groups in total. The molecule has 0 aromatic heterocycles. The fourth-order valence-corrected chi connectivity index (χ4v) is 1.06. The number of amides is 2. The number of carbonyl (C=O) groups excluding carboxylic acids is 2. The molecule has 0 saturated heterocycles. The van der Waals surface area contributed by atoms with Gasteiger partial charge in [-0.05, 0) is 25.3 Å². The first-order valence-corrected chi connectivity index (χ1v) is 4.92. The van der Waals surface area contributed by atoms with Crippen molar-refractivity contribution in [2.45, 2.75) is 31.7 Å². The second-order valence-electron chi connectivity index (χ2n) is 3.44. The lowest BCUT2D eigenvalue weighted by molar-refractivity contribution is -0.121. The Balaban J connectivity index is 1.94. The van der Waals surface area contributed by atoms with Gasteiger partial charge in [0.05, 0.1) is 0 Å². The van der Waals surface area contributed by atoms with Crippen molar-refractivity contribution in [3.8, 4) is 0 Å². The van der Waals surface area contributed by atoms with E-state index in [-0.39, 0.29) is 11.8 Å². The Kier molecular flexibility index (Phi) is 4.16. The van der Waals surface area contributed by atoms with Crippen LogP contribution in [0.1, 0.15) is 25.7 Å². The van der Waals surface area contributed by atoms with E-state index < -0.39 is 0 Å². The van der Waals surface area contributed by atoms with E-state index in [0.717, 1.165) is 12.8 Å². The molecule has 0 heterocycles. The van der Waals surface area contributed by atoms with E-state index in [0.29, 0.717) is 25.4 Å². The number of hydrogen-bond donors (Lipinski definition) is 2. The van der Waals surface area contributed by atoms with Crippen LogP contribution in [-0.2, 0) is 9.59 Å². The predicted octanol–water partition coefficient (Wildman–Crippen LogP) is 0.347. The quantitative estimate of drug-likeness (QED) is 0.475. The molecule has 1 fully saturated rings. The lowest BCUT2D eigenvalue weighted by Gasteiger charge is -2.03. The van der Waals surface area contributed by atoms with Crippen LogP contribution in [0.5, 0.6) is 0 Å². The number of nitrogens with one attached hydrogen (secondary N) is 2. The highest BCUT2D eigenvalue weighted by Gasteiger charge is 2.22. The predicted molar refractivity (Wildman–Crippen MR) is 53.6 cm³/mol. The van der Waals surface area contributed by atoms with Gasteiger partial charge in [-0.3, -0.25) is 9.59 Å². The minimum absolute atomic E-state index is 0.0837. The number of hydrogen-bond acceptors (Lipinski definition) is 2. The molecular weight excluding hydrogens is 180 g/mol. The molecule has 0 aliphatic heterocycles. The molecule has 14 heavy (non-hydrogen) atoms. The molecule has 0 bridgehead atoms. The molecule has 0 radical (unpaired) electrons. The highest BCUT2D eigenvalue weighted by molar-refractivity contribution is 5.86. The van der Waals surface area contributed by atoms with Gasteiger partial charge in [0.25, 0.3) is 0 Å². The fourth-order valence-electron chi connectivity index (χ4n) is 1.06. The van der Waals surface area contributed by atoms with Crippen LogP contribution in [0.25, 0.3) is 0 Å². The van der Waals surface area contributed by atoms with Gasteiger partial charge in [-0.25, -0.2) is 0 Å². The van der Waals surface area contributed by atoms with Crippen molar-refractivity contribution >= 4 is 11.8 Å². The summed E-state index contributed by atoms with van der Waals surface area (Å²) >= 11 is 0. The van der Waals surface area contributed by atoms with E-state index in [4.69, 9.17) is 0 Å². The van der Waals surface area contributed by atoms with E-state index in [1.807, 2.05) is 0 Å². The zero-order valence-electron chi connectivity index (χ0n) is 8.21. The maximum Gasteiger partial charge on any atom is 0.243 e. The zero-order chi connectivity index (χ0) is 10.4. The van der Waals surface area contributed by atoms with Crippen molar-refractivity contribution in [1.29, 1.82) is 0 Å². The normalized spacial score (nSPS) is 14.6. The van der Waals surface area contributed by atoms with Gasteiger partial charge in [0.15, 0.2) is 0 Å². The fraction of sp³-hybridized carbons (Fsp3) is 0.600. The molecule has 1 aliphatic carbocycles. The van der Waals surface area contributed by atoms with Crippen LogP contribution in [0.3, 0.4) is 0 Å². The maximum atomic E-state index is 11.2. The minimum atomic E-state index is -0.187. The summed E-state index contributed by atoms with van der Waals surface area (Å²) in [6.07, 6.45) is 4.61. The van der Waals surface area contributed by atoms with Crippen molar-refractivity contribution in [2.24, 2.45) is 0 Å². The van der Waals surface area contributed by atoms with Gasteiger partial charge in [-0.15, -0.1) is 0 Å². The average molecular weight is 196 g/mol. The molecular formula is C10H16N2O2. The Bertz CT molecular complexity index is 234. The molecule has 0 atom stereocenters. The first-order valence-electron chi connectivity index (χ1n) is 4.92. The highest BCUT2D eigenvalue weighted by atomic mass is 16.2. The molecule has 0 unspecified atom stereocenters. The zero-order valence-corrected chi connectivity index (χ0v) is 8.21. The Morgan fingerprint density at radius 2 is 2.14 bits per heavy atom. The molecule has 0 aromatic rings. The Hall–Kier alpha value is -1.32. The Morgan fingerprint density at radius 1 is 1.43 bits per heavy atom. The molecule has 0 spiro atoms. The minimum Gasteiger partial charge on any atom is -0.353 e. The summed E-state index contributed by atoms with van der Waals surface area (Å²) in [5.41, 5.74) is 0. The van der Waals surface area contributed by atoms with Crippen molar-refractivity contribution in [3.63, 3.8) is 0 Å². The summed E-state index contributed by atoms with van der Waals surface area (Å²) in [5, 5.41) is 5.50. The van der Waals surface area contributed by atoms with Crippen molar-refractivity contribution in [2.75, 3.05) is 6.54 Å². The summed E-state index contributed by atoms with van der Waals surface area (Å²) in [6, 6.07) is 0.422. The van der Waals surface area contributed by atoms with Crippen LogP contribution in [0.2, 0.25) is 0 Å². The van der Waals surface area contributed by atoms with Gasteiger partial charge < -0.3 is 10.6 Å². The van der Waals surface area contributed by atoms with Crippen molar-refractivity contribution < 1.29 is 9.59 Å². The molecule has 1 saturated carbocycles. The standard InChI is InChI=1S/C10H16N2O2/c1-2-9(13)11-7-3-4-10(14)12-8-5-6-8/h2,8H,1,3-7H2,(H,11,13)(H,12,14). The first kappa shape index (κ1) is 10.8. The summed E-state index contributed by atoms with van der Waals surface area (Å²) in [4.78, 5) is 21.9. The molecule has 4 nitrogen and oxygen atoms in total. The molecule has 78 valence electrons. The van der Waals surface area contributed by atoms with Crippen LogP contribution in [0, 0.1) is 0 Å². The largest absolute Gasteiger partial charge is 0.353 e. The third-order valence-electron chi connectivity index (χ3n) is 2.01. The second kappa shape index (κ2) is 5.42. The van der Waals surface area contributed by atoms with Crippen molar-refractivity contribution in [1.82, 2.24) is 10.6 Å². The van der Waals surface area contributed by atoms with Crippen LogP contribution in [0.4, 0.5) is 0 Å². The lowest BCUT2D eigenvalue weighted by atomic mass is 10.3. The molecule has 4 heteroatoms. The second-order valence-corrected chi connectivity index (χ2v) is 3.44. The van der Waals surface area contributed by atoms with Crippen LogP contribution < -0.4 is 10.6 Å². The Labute approximate surface area is 83.8 Å². The van der Waals surface area contributed by atoms with Gasteiger partial charge in [-0.1, -0.05) is 6.58 Å². The summed E-state index contributed by atoms with van der Waals surface area (Å²) in [6.45, 7) is 3.86. The van der Waals surface area contributed by atoms with Crippen molar-refractivity contribution in [3.05, 3.63) is 12.7 Å². The molecule has 1 aliphatic rings. The van der Waals surface area contributed by atoms with Gasteiger partial charge in [0.2, 0.25) is 11.8 Å². The summed E-state index contributed by atoms with van der Waals surface area (Å²) < 4.78 is 0. The number of carbonyl (C=O) groups is 2. The van der Waals surface area contributed by atoms with E-state index in [9.17, 15) is 9.59 Å². The van der Waals surface area contributed by atoms with E-state index in [1.54, 1.807) is 0 Å². The van der Waals surface area contributed by atoms with Crippen LogP contribution >= 0.6 is 0 Å². The first-order chi connectivity index (χ1) is 6.72. The van der Waals surface area contributed by atoms with Crippen LogP contribution in [0.15, 0.2) is 12.7 Å². The van der Waals surface area contributed by atoms with Crippen LogP contribution in [-0.4, -0.2) is 24.4 Å². The maximum absolute atomic E-state index is 11.2. The van der Waals surface area contributed by atoms with E-state index >= 15 is 0 Å². The van der Waals surface area contributed by atoms with Gasteiger partial charge in [0.1, 0.15) is 0 Å². The summed E-state index contributed by atoms with van der Waals surface area (Å²) in [5.74, 6) is -0.104.